The molecule has 2 fully saturated rings. The van der Waals surface area contributed by atoms with Gasteiger partial charge in [-0.15, -0.1) is 11.8 Å². The Morgan fingerprint density at radius 1 is 1.06 bits per heavy atom. The van der Waals surface area contributed by atoms with Crippen LogP contribution in [0.4, 0.5) is 0 Å². The fourth-order valence-corrected chi connectivity index (χ4v) is 5.25. The molecule has 4 unspecified atom stereocenters. The Morgan fingerprint density at radius 2 is 1.74 bits per heavy atom. The smallest absolute Gasteiger partial charge is 0.244 e. The molecule has 2 bridgehead atoms. The molecule has 0 aromatic heterocycles. The fraction of sp³-hybridized carbons (Fsp3) is 0.304. The van der Waals surface area contributed by atoms with E-state index < -0.39 is 34.5 Å². The molecule has 0 spiro atoms. The first-order valence-corrected chi connectivity index (χ1v) is 11.0. The molecule has 8 heteroatoms. The van der Waals surface area contributed by atoms with Gasteiger partial charge in [-0.2, -0.15) is 15.8 Å². The molecule has 0 radical (unpaired) electrons. The molecule has 0 amide bonds. The molecule has 1 N–H and O–H groups in total. The number of thioether (sulfide) groups is 1. The van der Waals surface area contributed by atoms with Crippen LogP contribution in [-0.2, 0) is 15.3 Å². The lowest BCUT2D eigenvalue weighted by Gasteiger charge is -2.48. The van der Waals surface area contributed by atoms with E-state index in [4.69, 9.17) is 26.5 Å². The lowest BCUT2D eigenvalue weighted by atomic mass is 9.53. The summed E-state index contributed by atoms with van der Waals surface area (Å²) in [4.78, 5) is 0.999. The summed E-state index contributed by atoms with van der Waals surface area (Å²) in [5, 5.41) is 39.8. The van der Waals surface area contributed by atoms with Crippen LogP contribution in [0.1, 0.15) is 24.2 Å². The summed E-state index contributed by atoms with van der Waals surface area (Å²) in [6.07, 6.45) is 0.813. The Labute approximate surface area is 189 Å². The van der Waals surface area contributed by atoms with Crippen molar-refractivity contribution < 1.29 is 9.47 Å². The number of fused-ring (bicyclic) bond motifs is 2. The standard InChI is InChI=1S/C23H17ClN4O2S/c1-14-22(13-27)20(28)30-23(14,16-4-3-5-17(24)10-16)29-19(21(22,11-25)12-26)15-6-8-18(31-2)9-7-15/h3-10,14,19,28H,1-2H3. The van der Waals surface area contributed by atoms with Crippen molar-refractivity contribution >= 4 is 29.3 Å². The number of rotatable bonds is 3. The van der Waals surface area contributed by atoms with Gasteiger partial charge in [0.2, 0.25) is 17.1 Å². The van der Waals surface area contributed by atoms with Crippen LogP contribution in [0.3, 0.4) is 0 Å². The van der Waals surface area contributed by atoms with Crippen molar-refractivity contribution in [3.63, 3.8) is 0 Å². The number of hydrogen-bond donors (Lipinski definition) is 1. The molecule has 2 aromatic rings. The lowest BCUT2D eigenvalue weighted by molar-refractivity contribution is -0.288. The van der Waals surface area contributed by atoms with E-state index in [2.05, 4.69) is 6.07 Å². The summed E-state index contributed by atoms with van der Waals surface area (Å²) in [5.41, 5.74) is -2.75. The molecule has 2 saturated heterocycles. The minimum atomic E-state index is -1.99. The van der Waals surface area contributed by atoms with Gasteiger partial charge in [0.25, 0.3) is 0 Å². The van der Waals surface area contributed by atoms with Crippen molar-refractivity contribution in [2.24, 2.45) is 16.7 Å². The Bertz CT molecular complexity index is 1180. The molecule has 6 nitrogen and oxygen atoms in total. The molecule has 0 aliphatic carbocycles. The van der Waals surface area contributed by atoms with Crippen molar-refractivity contribution in [1.29, 1.82) is 21.2 Å². The maximum atomic E-state index is 10.3. The number of halogens is 1. The van der Waals surface area contributed by atoms with E-state index in [1.165, 1.54) is 0 Å². The van der Waals surface area contributed by atoms with Crippen LogP contribution in [0.25, 0.3) is 0 Å². The highest BCUT2D eigenvalue weighted by Crippen LogP contribution is 2.69. The second-order valence-corrected chi connectivity index (χ2v) is 8.87. The topological polar surface area (TPSA) is 114 Å². The van der Waals surface area contributed by atoms with Gasteiger partial charge in [0.1, 0.15) is 6.10 Å². The van der Waals surface area contributed by atoms with Crippen LogP contribution in [0.15, 0.2) is 53.4 Å². The van der Waals surface area contributed by atoms with Crippen LogP contribution in [-0.4, -0.2) is 12.2 Å². The maximum absolute atomic E-state index is 10.3. The van der Waals surface area contributed by atoms with Crippen molar-refractivity contribution in [2.45, 2.75) is 23.7 Å². The minimum absolute atomic E-state index is 0.436. The minimum Gasteiger partial charge on any atom is -0.443 e. The van der Waals surface area contributed by atoms with E-state index in [1.54, 1.807) is 55.1 Å². The highest BCUT2D eigenvalue weighted by Gasteiger charge is 2.79. The average Bonchev–Trinajstić information content (AvgIpc) is 2.95. The second-order valence-electron chi connectivity index (χ2n) is 7.55. The second kappa shape index (κ2) is 7.29. The van der Waals surface area contributed by atoms with E-state index in [9.17, 15) is 15.8 Å². The van der Waals surface area contributed by atoms with Crippen LogP contribution in [0.5, 0.6) is 0 Å². The van der Waals surface area contributed by atoms with Crippen LogP contribution in [0.2, 0.25) is 5.02 Å². The zero-order valence-electron chi connectivity index (χ0n) is 16.7. The van der Waals surface area contributed by atoms with Gasteiger partial charge < -0.3 is 9.47 Å². The van der Waals surface area contributed by atoms with Crippen molar-refractivity contribution in [3.8, 4) is 18.2 Å². The molecule has 0 saturated carbocycles. The van der Waals surface area contributed by atoms with Crippen molar-refractivity contribution in [2.75, 3.05) is 6.26 Å². The predicted octanol–water partition coefficient (Wildman–Crippen LogP) is 5.17. The molecule has 154 valence electrons. The molecule has 4 atom stereocenters. The molecule has 2 aliphatic rings. The first kappa shape index (κ1) is 21.2. The van der Waals surface area contributed by atoms with Crippen molar-refractivity contribution in [3.05, 3.63) is 64.7 Å². The third-order valence-corrected chi connectivity index (χ3v) is 7.29. The molecule has 2 aromatic carbocycles. The van der Waals surface area contributed by atoms with E-state index in [1.807, 2.05) is 30.5 Å². The normalized spacial score (nSPS) is 30.5. The average molecular weight is 449 g/mol. The monoisotopic (exact) mass is 448 g/mol. The Balaban J connectivity index is 2.02. The third-order valence-electron chi connectivity index (χ3n) is 6.31. The highest BCUT2D eigenvalue weighted by atomic mass is 35.5. The molecule has 2 aliphatic heterocycles. The van der Waals surface area contributed by atoms with E-state index in [-0.39, 0.29) is 0 Å². The van der Waals surface area contributed by atoms with Crippen LogP contribution in [0, 0.1) is 56.2 Å². The van der Waals surface area contributed by atoms with Crippen molar-refractivity contribution in [1.82, 2.24) is 0 Å². The van der Waals surface area contributed by atoms with Gasteiger partial charge in [-0.1, -0.05) is 42.8 Å². The van der Waals surface area contributed by atoms with Gasteiger partial charge in [-0.25, -0.2) is 0 Å². The Hall–Kier alpha value is -3.02. The largest absolute Gasteiger partial charge is 0.443 e. The third kappa shape index (κ3) is 2.57. The van der Waals surface area contributed by atoms with Gasteiger partial charge in [0, 0.05) is 15.5 Å². The molecule has 31 heavy (non-hydrogen) atoms. The van der Waals surface area contributed by atoms with E-state index >= 15 is 0 Å². The number of ether oxygens (including phenoxy) is 2. The quantitative estimate of drug-likeness (QED) is 0.647. The number of nitrogens with zero attached hydrogens (tertiary/aromatic N) is 3. The Kier molecular flexibility index (Phi) is 4.99. The summed E-state index contributed by atoms with van der Waals surface area (Å²) in [7, 11) is 0. The zero-order valence-corrected chi connectivity index (χ0v) is 18.3. The van der Waals surface area contributed by atoms with E-state index in [0.717, 1.165) is 4.90 Å². The Morgan fingerprint density at radius 3 is 2.29 bits per heavy atom. The molecular weight excluding hydrogens is 432 g/mol. The summed E-state index contributed by atoms with van der Waals surface area (Å²) >= 11 is 7.76. The molecular formula is C23H17ClN4O2S. The van der Waals surface area contributed by atoms with Gasteiger partial charge in [0.05, 0.1) is 24.1 Å². The zero-order chi connectivity index (χ0) is 22.4. The summed E-state index contributed by atoms with van der Waals surface area (Å²) in [6.45, 7) is 1.67. The number of nitriles is 3. The number of benzene rings is 2. The van der Waals surface area contributed by atoms with Crippen LogP contribution >= 0.6 is 23.4 Å². The maximum Gasteiger partial charge on any atom is 0.244 e. The highest BCUT2D eigenvalue weighted by molar-refractivity contribution is 7.98. The first-order valence-electron chi connectivity index (χ1n) is 9.45. The summed E-state index contributed by atoms with van der Waals surface area (Å²) in [5.74, 6) is -2.82. The van der Waals surface area contributed by atoms with Gasteiger partial charge >= 0.3 is 0 Å². The number of nitrogens with one attached hydrogen (secondary N) is 1. The number of hydrogen-bond acceptors (Lipinski definition) is 7. The van der Waals surface area contributed by atoms with Crippen LogP contribution < -0.4 is 0 Å². The first-order chi connectivity index (χ1) is 14.8. The van der Waals surface area contributed by atoms with Gasteiger partial charge in [0.15, 0.2) is 5.41 Å². The molecule has 4 rings (SSSR count). The molecule has 2 heterocycles. The van der Waals surface area contributed by atoms with E-state index in [0.29, 0.717) is 16.1 Å². The lowest BCUT2D eigenvalue weighted by Crippen LogP contribution is -2.57. The fourth-order valence-electron chi connectivity index (χ4n) is 4.65. The predicted molar refractivity (Wildman–Crippen MR) is 115 cm³/mol. The SMILES string of the molecule is CSc1ccc(C2OC3(c4cccc(Cl)c4)OC(=N)C(C#N)(C3C)C2(C#N)C#N)cc1. The van der Waals surface area contributed by atoms with Gasteiger partial charge in [-0.3, -0.25) is 5.41 Å². The summed E-state index contributed by atoms with van der Waals surface area (Å²) < 4.78 is 12.4. The summed E-state index contributed by atoms with van der Waals surface area (Å²) in [6, 6.07) is 20.3. The van der Waals surface area contributed by atoms with Gasteiger partial charge in [-0.05, 0) is 36.1 Å².